The van der Waals surface area contributed by atoms with Gasteiger partial charge in [0, 0.05) is 19.0 Å². The molecule has 1 aromatic rings. The Morgan fingerprint density at radius 1 is 1.35 bits per heavy atom. The van der Waals surface area contributed by atoms with Gasteiger partial charge in [-0.05, 0) is 48.9 Å². The van der Waals surface area contributed by atoms with Gasteiger partial charge in [-0.3, -0.25) is 0 Å². The Kier molecular flexibility index (Phi) is 5.10. The predicted octanol–water partition coefficient (Wildman–Crippen LogP) is 3.54. The largest absolute Gasteiger partial charge is 0.243 e. The van der Waals surface area contributed by atoms with Crippen LogP contribution in [0, 0.1) is 12.8 Å². The fourth-order valence-electron chi connectivity index (χ4n) is 2.46. The van der Waals surface area contributed by atoms with Crippen LogP contribution in [0.1, 0.15) is 37.3 Å². The second kappa shape index (κ2) is 6.46. The van der Waals surface area contributed by atoms with E-state index in [9.17, 15) is 8.42 Å². The lowest BCUT2D eigenvalue weighted by Crippen LogP contribution is -2.37. The first kappa shape index (κ1) is 15.8. The maximum absolute atomic E-state index is 12.7. The zero-order valence-electron chi connectivity index (χ0n) is 12.1. The maximum atomic E-state index is 12.7. The van der Waals surface area contributed by atoms with Gasteiger partial charge in [0.1, 0.15) is 0 Å². The van der Waals surface area contributed by atoms with E-state index in [2.05, 4.69) is 0 Å². The SMILES string of the molecule is CCN(CC1CCC1)S(=O)(=O)c1ccc(C)c(CCl)c1. The third kappa shape index (κ3) is 3.18. The molecule has 5 heteroatoms. The smallest absolute Gasteiger partial charge is 0.207 e. The molecule has 0 saturated heterocycles. The van der Waals surface area contributed by atoms with Crippen molar-refractivity contribution in [2.45, 2.75) is 43.9 Å². The van der Waals surface area contributed by atoms with Crippen LogP contribution in [0.4, 0.5) is 0 Å². The molecule has 0 heterocycles. The first-order valence-corrected chi connectivity index (χ1v) is 9.12. The van der Waals surface area contributed by atoms with E-state index >= 15 is 0 Å². The second-order valence-corrected chi connectivity index (χ2v) is 7.68. The zero-order chi connectivity index (χ0) is 14.8. The Labute approximate surface area is 127 Å². The molecule has 1 aliphatic rings. The molecule has 20 heavy (non-hydrogen) atoms. The quantitative estimate of drug-likeness (QED) is 0.753. The Hall–Kier alpha value is -0.580. The predicted molar refractivity (Wildman–Crippen MR) is 82.5 cm³/mol. The third-order valence-electron chi connectivity index (χ3n) is 4.14. The van der Waals surface area contributed by atoms with Crippen molar-refractivity contribution in [2.75, 3.05) is 13.1 Å². The molecular weight excluding hydrogens is 294 g/mol. The van der Waals surface area contributed by atoms with Gasteiger partial charge in [0.25, 0.3) is 0 Å². The van der Waals surface area contributed by atoms with Gasteiger partial charge in [-0.25, -0.2) is 8.42 Å². The molecule has 0 aliphatic heterocycles. The van der Waals surface area contributed by atoms with Crippen LogP contribution < -0.4 is 0 Å². The molecule has 0 bridgehead atoms. The Bertz CT molecular complexity index is 567. The van der Waals surface area contributed by atoms with Crippen molar-refractivity contribution in [3.05, 3.63) is 29.3 Å². The highest BCUT2D eigenvalue weighted by molar-refractivity contribution is 7.89. The minimum atomic E-state index is -3.40. The number of rotatable bonds is 6. The summed E-state index contributed by atoms with van der Waals surface area (Å²) in [7, 11) is -3.40. The lowest BCUT2D eigenvalue weighted by molar-refractivity contribution is 0.250. The van der Waals surface area contributed by atoms with E-state index in [1.54, 1.807) is 16.4 Å². The molecule has 0 atom stereocenters. The van der Waals surface area contributed by atoms with Crippen molar-refractivity contribution in [3.63, 3.8) is 0 Å². The van der Waals surface area contributed by atoms with Crippen molar-refractivity contribution >= 4 is 21.6 Å². The number of aryl methyl sites for hydroxylation is 1. The fraction of sp³-hybridized carbons (Fsp3) is 0.600. The number of benzene rings is 1. The number of sulfonamides is 1. The lowest BCUT2D eigenvalue weighted by atomic mass is 9.85. The molecule has 0 unspecified atom stereocenters. The highest BCUT2D eigenvalue weighted by Crippen LogP contribution is 2.29. The Morgan fingerprint density at radius 2 is 2.05 bits per heavy atom. The molecule has 3 nitrogen and oxygen atoms in total. The number of nitrogens with zero attached hydrogens (tertiary/aromatic N) is 1. The molecule has 1 fully saturated rings. The van der Waals surface area contributed by atoms with Gasteiger partial charge in [-0.15, -0.1) is 11.6 Å². The highest BCUT2D eigenvalue weighted by Gasteiger charge is 2.28. The zero-order valence-corrected chi connectivity index (χ0v) is 13.7. The fourth-order valence-corrected chi connectivity index (χ4v) is 4.33. The maximum Gasteiger partial charge on any atom is 0.243 e. The van der Waals surface area contributed by atoms with Crippen LogP contribution in [0.25, 0.3) is 0 Å². The van der Waals surface area contributed by atoms with Crippen LogP contribution >= 0.6 is 11.6 Å². The highest BCUT2D eigenvalue weighted by atomic mass is 35.5. The van der Waals surface area contributed by atoms with Gasteiger partial charge in [-0.2, -0.15) is 4.31 Å². The normalized spacial score (nSPS) is 16.4. The van der Waals surface area contributed by atoms with Crippen LogP contribution in [0.5, 0.6) is 0 Å². The molecule has 0 amide bonds. The molecule has 0 aromatic heterocycles. The van der Waals surface area contributed by atoms with Crippen LogP contribution in [0.15, 0.2) is 23.1 Å². The van der Waals surface area contributed by atoms with Crippen LogP contribution in [-0.2, 0) is 15.9 Å². The minimum Gasteiger partial charge on any atom is -0.207 e. The van der Waals surface area contributed by atoms with Gasteiger partial charge in [0.05, 0.1) is 4.90 Å². The standard InChI is InChI=1S/C15H22ClNO2S/c1-3-17(11-13-5-4-6-13)20(18,19)15-8-7-12(2)14(9-15)10-16/h7-9,13H,3-6,10-11H2,1-2H3. The third-order valence-corrected chi connectivity index (χ3v) is 6.37. The van der Waals surface area contributed by atoms with Gasteiger partial charge in [0.15, 0.2) is 0 Å². The monoisotopic (exact) mass is 315 g/mol. The molecule has 2 rings (SSSR count). The first-order valence-electron chi connectivity index (χ1n) is 7.14. The second-order valence-electron chi connectivity index (χ2n) is 5.47. The molecule has 0 spiro atoms. The molecule has 112 valence electrons. The summed E-state index contributed by atoms with van der Waals surface area (Å²) in [4.78, 5) is 0.361. The van der Waals surface area contributed by atoms with Crippen LogP contribution in [0.2, 0.25) is 0 Å². The van der Waals surface area contributed by atoms with E-state index in [1.165, 1.54) is 6.42 Å². The molecule has 1 saturated carbocycles. The molecule has 1 aliphatic carbocycles. The average Bonchev–Trinajstić information content (AvgIpc) is 2.37. The number of alkyl halides is 1. The van der Waals surface area contributed by atoms with E-state index < -0.39 is 10.0 Å². The lowest BCUT2D eigenvalue weighted by Gasteiger charge is -2.31. The van der Waals surface area contributed by atoms with Gasteiger partial charge in [-0.1, -0.05) is 19.4 Å². The summed E-state index contributed by atoms with van der Waals surface area (Å²) >= 11 is 5.88. The van der Waals surface area contributed by atoms with Gasteiger partial charge < -0.3 is 0 Å². The van der Waals surface area contributed by atoms with Crippen molar-refractivity contribution in [1.29, 1.82) is 0 Å². The number of hydrogen-bond donors (Lipinski definition) is 0. The van der Waals surface area contributed by atoms with Crippen LogP contribution in [0.3, 0.4) is 0 Å². The first-order chi connectivity index (χ1) is 9.48. The summed E-state index contributed by atoms with van der Waals surface area (Å²) in [6.45, 7) is 5.00. The minimum absolute atomic E-state index is 0.337. The summed E-state index contributed by atoms with van der Waals surface area (Å²) in [6, 6.07) is 5.23. The van der Waals surface area contributed by atoms with E-state index in [0.717, 1.165) is 24.0 Å². The summed E-state index contributed by atoms with van der Waals surface area (Å²) in [5, 5.41) is 0. The summed E-state index contributed by atoms with van der Waals surface area (Å²) in [5.74, 6) is 0.867. The topological polar surface area (TPSA) is 37.4 Å². The Balaban J connectivity index is 2.27. The summed E-state index contributed by atoms with van der Waals surface area (Å²) in [6.07, 6.45) is 3.52. The van der Waals surface area contributed by atoms with E-state index in [4.69, 9.17) is 11.6 Å². The summed E-state index contributed by atoms with van der Waals surface area (Å²) in [5.41, 5.74) is 1.91. The number of hydrogen-bond acceptors (Lipinski definition) is 2. The molecule has 0 N–H and O–H groups in total. The average molecular weight is 316 g/mol. The number of halogens is 1. The van der Waals surface area contributed by atoms with Crippen molar-refractivity contribution in [1.82, 2.24) is 4.31 Å². The van der Waals surface area contributed by atoms with E-state index in [-0.39, 0.29) is 0 Å². The molecule has 0 radical (unpaired) electrons. The molecular formula is C15H22ClNO2S. The van der Waals surface area contributed by atoms with E-state index in [0.29, 0.717) is 29.8 Å². The Morgan fingerprint density at radius 3 is 2.55 bits per heavy atom. The van der Waals surface area contributed by atoms with Crippen molar-refractivity contribution in [3.8, 4) is 0 Å². The molecule has 1 aromatic carbocycles. The van der Waals surface area contributed by atoms with Gasteiger partial charge >= 0.3 is 0 Å². The van der Waals surface area contributed by atoms with Crippen molar-refractivity contribution < 1.29 is 8.42 Å². The van der Waals surface area contributed by atoms with E-state index in [1.807, 2.05) is 19.9 Å². The van der Waals surface area contributed by atoms with Crippen LogP contribution in [-0.4, -0.2) is 25.8 Å². The summed E-state index contributed by atoms with van der Waals surface area (Å²) < 4.78 is 27.0. The van der Waals surface area contributed by atoms with Crippen molar-refractivity contribution in [2.24, 2.45) is 5.92 Å². The van der Waals surface area contributed by atoms with Gasteiger partial charge in [0.2, 0.25) is 10.0 Å².